The van der Waals surface area contributed by atoms with Crippen LogP contribution < -0.4 is 10.2 Å². The highest BCUT2D eigenvalue weighted by Crippen LogP contribution is 2.19. The molecule has 8 nitrogen and oxygen atoms in total. The van der Waals surface area contributed by atoms with Gasteiger partial charge in [-0.15, -0.1) is 0 Å². The van der Waals surface area contributed by atoms with Gasteiger partial charge in [0, 0.05) is 6.07 Å². The fourth-order valence-corrected chi connectivity index (χ4v) is 2.22. The highest BCUT2D eigenvalue weighted by Gasteiger charge is 2.22. The zero-order valence-corrected chi connectivity index (χ0v) is 14.7. The Kier molecular flexibility index (Phi) is 8.11. The van der Waals surface area contributed by atoms with Gasteiger partial charge in [-0.2, -0.15) is 0 Å². The van der Waals surface area contributed by atoms with Crippen LogP contribution in [0.5, 0.6) is 5.75 Å². The Morgan fingerprint density at radius 3 is 2.52 bits per heavy atom. The molecule has 0 atom stereocenters. The average Bonchev–Trinajstić information content (AvgIpc) is 2.68. The van der Waals surface area contributed by atoms with Crippen molar-refractivity contribution in [2.75, 3.05) is 13.2 Å². The van der Waals surface area contributed by atoms with Crippen LogP contribution in [0.4, 0.5) is 10.5 Å². The van der Waals surface area contributed by atoms with E-state index < -0.39 is 18.2 Å². The van der Waals surface area contributed by atoms with Crippen molar-refractivity contribution >= 4 is 24.4 Å². The highest BCUT2D eigenvalue weighted by molar-refractivity contribution is 6.61. The molecule has 0 spiro atoms. The monoisotopic (exact) mass is 373 g/mol. The van der Waals surface area contributed by atoms with Gasteiger partial charge < -0.3 is 19.2 Å². The van der Waals surface area contributed by atoms with Gasteiger partial charge in [0.1, 0.15) is 5.75 Å². The van der Waals surface area contributed by atoms with Crippen LogP contribution in [0, 0.1) is 10.1 Å². The molecule has 2 rings (SSSR count). The normalized spacial score (nSPS) is 10.1. The third-order valence-electron chi connectivity index (χ3n) is 3.60. The largest absolute Gasteiger partial charge is 0.564 e. The van der Waals surface area contributed by atoms with Crippen molar-refractivity contribution in [3.8, 4) is 5.75 Å². The summed E-state index contributed by atoms with van der Waals surface area (Å²) in [6.07, 6.45) is 1.12. The Labute approximate surface area is 157 Å². The van der Waals surface area contributed by atoms with Crippen molar-refractivity contribution in [2.24, 2.45) is 0 Å². The van der Waals surface area contributed by atoms with Crippen LogP contribution in [-0.2, 0) is 9.39 Å². The predicted molar refractivity (Wildman–Crippen MR) is 98.9 cm³/mol. The molecule has 27 heavy (non-hydrogen) atoms. The maximum absolute atomic E-state index is 11.5. The number of nitrogens with zero attached hydrogens (tertiary/aromatic N) is 1. The number of non-ortho nitro benzene ring substituents is 1. The number of nitro groups is 1. The molecule has 0 aromatic heterocycles. The standard InChI is InChI=1S/C18H20BNO7/c21-18(27-19(22)15-8-3-1-4-9-15)26-13-6-2-5-12-25-17-11-7-10-16(14-17)20(23)24/h1,3-4,7-11,14,22H,2,5-6,12-13H2. The van der Waals surface area contributed by atoms with E-state index in [1.807, 2.05) is 0 Å². The number of hydrogen-bond acceptors (Lipinski definition) is 7. The summed E-state index contributed by atoms with van der Waals surface area (Å²) in [5, 5.41) is 20.4. The van der Waals surface area contributed by atoms with E-state index in [0.29, 0.717) is 30.7 Å². The Bertz CT molecular complexity index is 741. The lowest BCUT2D eigenvalue weighted by molar-refractivity contribution is -0.384. The Morgan fingerprint density at radius 1 is 1.04 bits per heavy atom. The van der Waals surface area contributed by atoms with E-state index >= 15 is 0 Å². The van der Waals surface area contributed by atoms with Crippen molar-refractivity contribution < 1.29 is 28.9 Å². The molecule has 2 aromatic carbocycles. The highest BCUT2D eigenvalue weighted by atomic mass is 16.7. The summed E-state index contributed by atoms with van der Waals surface area (Å²) >= 11 is 0. The minimum absolute atomic E-state index is 0.0166. The van der Waals surface area contributed by atoms with E-state index in [9.17, 15) is 19.9 Å². The van der Waals surface area contributed by atoms with Crippen molar-refractivity contribution in [2.45, 2.75) is 19.3 Å². The van der Waals surface area contributed by atoms with Gasteiger partial charge in [-0.05, 0) is 30.8 Å². The second-order valence-electron chi connectivity index (χ2n) is 5.64. The summed E-state index contributed by atoms with van der Waals surface area (Å²) in [5.74, 6) is 0.443. The van der Waals surface area contributed by atoms with E-state index in [1.54, 1.807) is 42.5 Å². The SMILES string of the molecule is O=C(OCCCCCOc1cccc([N+](=O)[O-])c1)OB(O)c1ccccc1. The molecule has 0 fully saturated rings. The first-order valence-corrected chi connectivity index (χ1v) is 8.50. The third-order valence-corrected chi connectivity index (χ3v) is 3.60. The summed E-state index contributed by atoms with van der Waals surface area (Å²) in [6.45, 7) is 0.565. The van der Waals surface area contributed by atoms with Gasteiger partial charge in [-0.25, -0.2) is 4.79 Å². The topological polar surface area (TPSA) is 108 Å². The van der Waals surface area contributed by atoms with Gasteiger partial charge in [0.05, 0.1) is 24.2 Å². The Hall–Kier alpha value is -3.07. The molecule has 0 saturated heterocycles. The first-order valence-electron chi connectivity index (χ1n) is 8.50. The molecule has 2 aromatic rings. The zero-order chi connectivity index (χ0) is 19.5. The number of unbranched alkanes of at least 4 members (excludes halogenated alkanes) is 2. The lowest BCUT2D eigenvalue weighted by Gasteiger charge is -2.09. The van der Waals surface area contributed by atoms with Crippen LogP contribution in [0.3, 0.4) is 0 Å². The second kappa shape index (κ2) is 10.8. The first kappa shape index (κ1) is 20.2. The van der Waals surface area contributed by atoms with E-state index in [0.717, 1.165) is 6.42 Å². The minimum Gasteiger partial charge on any atom is -0.493 e. The van der Waals surface area contributed by atoms with Gasteiger partial charge in [0.15, 0.2) is 0 Å². The molecule has 0 radical (unpaired) electrons. The van der Waals surface area contributed by atoms with Crippen LogP contribution in [0.25, 0.3) is 0 Å². The van der Waals surface area contributed by atoms with E-state index in [1.165, 1.54) is 12.1 Å². The lowest BCUT2D eigenvalue weighted by Crippen LogP contribution is -2.35. The third kappa shape index (κ3) is 7.37. The average molecular weight is 373 g/mol. The molecule has 9 heteroatoms. The molecule has 142 valence electrons. The Balaban J connectivity index is 1.55. The summed E-state index contributed by atoms with van der Waals surface area (Å²) in [7, 11) is -1.36. The van der Waals surface area contributed by atoms with E-state index in [2.05, 4.69) is 0 Å². The molecule has 0 bridgehead atoms. The molecule has 1 N–H and O–H groups in total. The van der Waals surface area contributed by atoms with E-state index in [4.69, 9.17) is 14.1 Å². The second-order valence-corrected chi connectivity index (χ2v) is 5.64. The number of carbonyl (C=O) groups is 1. The number of rotatable bonds is 10. The first-order chi connectivity index (χ1) is 13.1. The summed E-state index contributed by atoms with van der Waals surface area (Å²) in [6, 6.07) is 14.5. The number of benzene rings is 2. The molecule has 0 unspecified atom stereocenters. The Morgan fingerprint density at radius 2 is 1.78 bits per heavy atom. The van der Waals surface area contributed by atoms with Gasteiger partial charge in [0.25, 0.3) is 5.69 Å². The molecular weight excluding hydrogens is 353 g/mol. The smallest absolute Gasteiger partial charge is 0.493 e. The van der Waals surface area contributed by atoms with Crippen molar-refractivity contribution in [1.29, 1.82) is 0 Å². The molecule has 0 aliphatic carbocycles. The molecule has 0 amide bonds. The molecular formula is C18H20BNO7. The number of nitro benzene ring substituents is 1. The fourth-order valence-electron chi connectivity index (χ4n) is 2.22. The molecule has 0 saturated carbocycles. The quantitative estimate of drug-likeness (QED) is 0.224. The molecule has 0 aliphatic rings. The number of ether oxygens (including phenoxy) is 2. The van der Waals surface area contributed by atoms with Gasteiger partial charge in [-0.1, -0.05) is 36.4 Å². The van der Waals surface area contributed by atoms with Crippen LogP contribution in [0.15, 0.2) is 54.6 Å². The maximum atomic E-state index is 11.5. The summed E-state index contributed by atoms with van der Waals surface area (Å²) in [4.78, 5) is 21.7. The fraction of sp³-hybridized carbons (Fsp3) is 0.278. The predicted octanol–water partition coefficient (Wildman–Crippen LogP) is 2.68. The van der Waals surface area contributed by atoms with E-state index in [-0.39, 0.29) is 12.3 Å². The van der Waals surface area contributed by atoms with Gasteiger partial charge in [0.2, 0.25) is 0 Å². The van der Waals surface area contributed by atoms with Crippen LogP contribution in [0.2, 0.25) is 0 Å². The molecule has 0 heterocycles. The van der Waals surface area contributed by atoms with Crippen molar-refractivity contribution in [3.63, 3.8) is 0 Å². The maximum Gasteiger partial charge on any atom is 0.564 e. The zero-order valence-electron chi connectivity index (χ0n) is 14.7. The van der Waals surface area contributed by atoms with Crippen LogP contribution in [0.1, 0.15) is 19.3 Å². The van der Waals surface area contributed by atoms with Crippen LogP contribution >= 0.6 is 0 Å². The summed E-state index contributed by atoms with van der Waals surface area (Å²) in [5.41, 5.74) is 0.449. The lowest BCUT2D eigenvalue weighted by atomic mass is 9.80. The van der Waals surface area contributed by atoms with Gasteiger partial charge >= 0.3 is 13.3 Å². The number of carbonyl (C=O) groups excluding carboxylic acids is 1. The minimum atomic E-state index is -1.36. The summed E-state index contributed by atoms with van der Waals surface area (Å²) < 4.78 is 15.1. The van der Waals surface area contributed by atoms with Gasteiger partial charge in [-0.3, -0.25) is 10.1 Å². The van der Waals surface area contributed by atoms with Crippen molar-refractivity contribution in [1.82, 2.24) is 0 Å². The number of hydrogen-bond donors (Lipinski definition) is 1. The van der Waals surface area contributed by atoms with Crippen molar-refractivity contribution in [3.05, 3.63) is 64.7 Å². The molecule has 0 aliphatic heterocycles. The van der Waals surface area contributed by atoms with Crippen LogP contribution in [-0.4, -0.2) is 36.4 Å².